The molecule has 1 saturated heterocycles. The van der Waals surface area contributed by atoms with Crippen LogP contribution in [0.5, 0.6) is 0 Å². The molecule has 7 heteroatoms. The van der Waals surface area contributed by atoms with Crippen molar-refractivity contribution in [2.24, 2.45) is 0 Å². The van der Waals surface area contributed by atoms with Crippen molar-refractivity contribution in [3.63, 3.8) is 0 Å². The van der Waals surface area contributed by atoms with E-state index in [4.69, 9.17) is 0 Å². The average Bonchev–Trinajstić information content (AvgIpc) is 3.06. The Labute approximate surface area is 127 Å². The zero-order chi connectivity index (χ0) is 15.5. The first-order valence-electron chi connectivity index (χ1n) is 7.19. The molecule has 0 aliphatic carbocycles. The van der Waals surface area contributed by atoms with Crippen LogP contribution in [0, 0.1) is 10.1 Å². The maximum absolute atomic E-state index is 12.1. The van der Waals surface area contributed by atoms with Gasteiger partial charge in [-0.3, -0.25) is 19.9 Å². The van der Waals surface area contributed by atoms with E-state index in [2.05, 4.69) is 10.3 Å². The summed E-state index contributed by atoms with van der Waals surface area (Å²) in [5.41, 5.74) is 0.718. The number of nitrogens with zero attached hydrogens (tertiary/aromatic N) is 3. The second kappa shape index (κ2) is 5.97. The number of hydrogen-bond acceptors (Lipinski definition) is 5. The van der Waals surface area contributed by atoms with Crippen LogP contribution in [0.2, 0.25) is 0 Å². The van der Waals surface area contributed by atoms with E-state index in [1.54, 1.807) is 18.3 Å². The summed E-state index contributed by atoms with van der Waals surface area (Å²) in [6.07, 6.45) is 5.16. The number of non-ortho nitro benzene ring substituents is 1. The predicted molar refractivity (Wildman–Crippen MR) is 82.7 cm³/mol. The minimum Gasteiger partial charge on any atom is -0.376 e. The molecule has 3 rings (SSSR count). The van der Waals surface area contributed by atoms with Gasteiger partial charge in [0, 0.05) is 42.6 Å². The second-order valence-electron chi connectivity index (χ2n) is 5.25. The Balaban J connectivity index is 1.83. The van der Waals surface area contributed by atoms with Crippen molar-refractivity contribution in [3.8, 4) is 0 Å². The van der Waals surface area contributed by atoms with Crippen molar-refractivity contribution in [1.82, 2.24) is 9.88 Å². The Kier molecular flexibility index (Phi) is 3.86. The first-order valence-corrected chi connectivity index (χ1v) is 7.19. The SMILES string of the molecule is O=C(CNc1ccc([N+](=O)[O-])c2cnccc12)N1CCCC1. The van der Waals surface area contributed by atoms with E-state index in [-0.39, 0.29) is 18.1 Å². The van der Waals surface area contributed by atoms with Crippen LogP contribution in [-0.4, -0.2) is 40.3 Å². The highest BCUT2D eigenvalue weighted by Crippen LogP contribution is 2.30. The molecule has 0 spiro atoms. The third-order valence-corrected chi connectivity index (χ3v) is 3.88. The third-order valence-electron chi connectivity index (χ3n) is 3.88. The van der Waals surface area contributed by atoms with Gasteiger partial charge in [-0.25, -0.2) is 0 Å². The van der Waals surface area contributed by atoms with Crippen LogP contribution in [0.4, 0.5) is 11.4 Å². The zero-order valence-electron chi connectivity index (χ0n) is 12.0. The molecule has 1 fully saturated rings. The number of likely N-dealkylation sites (tertiary alicyclic amines) is 1. The number of carbonyl (C=O) groups is 1. The molecule has 1 amide bonds. The molecule has 0 bridgehead atoms. The molecule has 0 atom stereocenters. The number of aromatic nitrogens is 1. The van der Waals surface area contributed by atoms with Crippen LogP contribution >= 0.6 is 0 Å². The van der Waals surface area contributed by atoms with Gasteiger partial charge in [-0.1, -0.05) is 0 Å². The van der Waals surface area contributed by atoms with E-state index in [9.17, 15) is 14.9 Å². The van der Waals surface area contributed by atoms with Crippen LogP contribution < -0.4 is 5.32 Å². The van der Waals surface area contributed by atoms with Crippen LogP contribution in [-0.2, 0) is 4.79 Å². The van der Waals surface area contributed by atoms with Gasteiger partial charge in [0.1, 0.15) is 0 Å². The smallest absolute Gasteiger partial charge is 0.278 e. The number of anilines is 1. The molecule has 7 nitrogen and oxygen atoms in total. The summed E-state index contributed by atoms with van der Waals surface area (Å²) in [6.45, 7) is 1.81. The van der Waals surface area contributed by atoms with Gasteiger partial charge >= 0.3 is 0 Å². The van der Waals surface area contributed by atoms with Crippen LogP contribution in [0.3, 0.4) is 0 Å². The molecular formula is C15H16N4O3. The van der Waals surface area contributed by atoms with Crippen molar-refractivity contribution in [2.75, 3.05) is 25.0 Å². The number of nitrogens with one attached hydrogen (secondary N) is 1. The van der Waals surface area contributed by atoms with Gasteiger partial charge in [0.15, 0.2) is 0 Å². The number of nitro groups is 1. The first kappa shape index (κ1) is 14.2. The third kappa shape index (κ3) is 2.69. The van der Waals surface area contributed by atoms with E-state index >= 15 is 0 Å². The fraction of sp³-hybridized carbons (Fsp3) is 0.333. The lowest BCUT2D eigenvalue weighted by molar-refractivity contribution is -0.383. The average molecular weight is 300 g/mol. The number of nitro benzene ring substituents is 1. The molecule has 0 saturated carbocycles. The van der Waals surface area contributed by atoms with Crippen molar-refractivity contribution in [3.05, 3.63) is 40.7 Å². The number of benzene rings is 1. The largest absolute Gasteiger partial charge is 0.376 e. The van der Waals surface area contributed by atoms with Gasteiger partial charge in [0.05, 0.1) is 16.9 Å². The number of rotatable bonds is 4. The van der Waals surface area contributed by atoms with Crippen LogP contribution in [0.25, 0.3) is 10.8 Å². The van der Waals surface area contributed by atoms with Gasteiger partial charge in [-0.2, -0.15) is 0 Å². The van der Waals surface area contributed by atoms with E-state index in [0.717, 1.165) is 25.9 Å². The summed E-state index contributed by atoms with van der Waals surface area (Å²) < 4.78 is 0. The molecule has 2 heterocycles. The Morgan fingerprint density at radius 1 is 1.27 bits per heavy atom. The van der Waals surface area contributed by atoms with Crippen molar-refractivity contribution in [1.29, 1.82) is 0 Å². The molecule has 1 N–H and O–H groups in total. The highest BCUT2D eigenvalue weighted by molar-refractivity contribution is 5.99. The maximum atomic E-state index is 12.1. The van der Waals surface area contributed by atoms with Gasteiger partial charge in [-0.15, -0.1) is 0 Å². The fourth-order valence-corrected chi connectivity index (χ4v) is 2.74. The fourth-order valence-electron chi connectivity index (χ4n) is 2.74. The van der Waals surface area contributed by atoms with E-state index < -0.39 is 4.92 Å². The van der Waals surface area contributed by atoms with Crippen LogP contribution in [0.15, 0.2) is 30.6 Å². The summed E-state index contributed by atoms with van der Waals surface area (Å²) in [7, 11) is 0. The number of carbonyl (C=O) groups excluding carboxylic acids is 1. The Morgan fingerprint density at radius 3 is 2.77 bits per heavy atom. The molecule has 2 aromatic rings. The minimum atomic E-state index is -0.427. The Hall–Kier alpha value is -2.70. The second-order valence-corrected chi connectivity index (χ2v) is 5.25. The van der Waals surface area contributed by atoms with Crippen molar-refractivity contribution in [2.45, 2.75) is 12.8 Å². The van der Waals surface area contributed by atoms with E-state index in [1.807, 2.05) is 4.90 Å². The summed E-state index contributed by atoms with van der Waals surface area (Å²) in [5, 5.41) is 15.3. The monoisotopic (exact) mass is 300 g/mol. The lowest BCUT2D eigenvalue weighted by Crippen LogP contribution is -2.33. The Morgan fingerprint density at radius 2 is 2.05 bits per heavy atom. The Bertz CT molecular complexity index is 726. The molecule has 0 unspecified atom stereocenters. The minimum absolute atomic E-state index is 0.0134. The zero-order valence-corrected chi connectivity index (χ0v) is 12.0. The lowest BCUT2D eigenvalue weighted by atomic mass is 10.1. The highest BCUT2D eigenvalue weighted by atomic mass is 16.6. The highest BCUT2D eigenvalue weighted by Gasteiger charge is 2.18. The lowest BCUT2D eigenvalue weighted by Gasteiger charge is -2.16. The maximum Gasteiger partial charge on any atom is 0.278 e. The predicted octanol–water partition coefficient (Wildman–Crippen LogP) is 2.18. The van der Waals surface area contributed by atoms with E-state index in [0.29, 0.717) is 16.5 Å². The van der Waals surface area contributed by atoms with Crippen molar-refractivity contribution < 1.29 is 9.72 Å². The summed E-state index contributed by atoms with van der Waals surface area (Å²) in [4.78, 5) is 28.5. The molecule has 1 aromatic heterocycles. The van der Waals surface area contributed by atoms with Gasteiger partial charge < -0.3 is 10.2 Å². The first-order chi connectivity index (χ1) is 10.7. The number of fused-ring (bicyclic) bond motifs is 1. The molecule has 1 aliphatic heterocycles. The summed E-state index contributed by atoms with van der Waals surface area (Å²) in [6, 6.07) is 4.79. The van der Waals surface area contributed by atoms with Gasteiger partial charge in [0.2, 0.25) is 5.91 Å². The quantitative estimate of drug-likeness (QED) is 0.690. The van der Waals surface area contributed by atoms with E-state index in [1.165, 1.54) is 12.3 Å². The molecule has 1 aromatic carbocycles. The topological polar surface area (TPSA) is 88.4 Å². The molecule has 1 aliphatic rings. The standard InChI is InChI=1S/C15H16N4O3/c20-15(18-7-1-2-8-18)10-17-13-3-4-14(19(21)22)12-9-16-6-5-11(12)13/h3-6,9,17H,1-2,7-8,10H2. The molecule has 0 radical (unpaired) electrons. The number of amides is 1. The molecule has 22 heavy (non-hydrogen) atoms. The molecule has 114 valence electrons. The summed E-state index contributed by atoms with van der Waals surface area (Å²) in [5.74, 6) is 0.0538. The van der Waals surface area contributed by atoms with Gasteiger partial charge in [0.25, 0.3) is 5.69 Å². The van der Waals surface area contributed by atoms with Gasteiger partial charge in [-0.05, 0) is 25.0 Å². The molecular weight excluding hydrogens is 284 g/mol. The van der Waals surface area contributed by atoms with Crippen molar-refractivity contribution >= 4 is 28.1 Å². The number of pyridine rings is 1. The normalized spacial score (nSPS) is 14.3. The summed E-state index contributed by atoms with van der Waals surface area (Å²) >= 11 is 0. The van der Waals surface area contributed by atoms with Crippen LogP contribution in [0.1, 0.15) is 12.8 Å². The number of hydrogen-bond donors (Lipinski definition) is 1.